The van der Waals surface area contributed by atoms with Gasteiger partial charge >= 0.3 is 0 Å². The van der Waals surface area contributed by atoms with Crippen molar-refractivity contribution in [1.29, 1.82) is 0 Å². The normalized spacial score (nSPS) is 21.4. The highest BCUT2D eigenvalue weighted by Gasteiger charge is 2.38. The Morgan fingerprint density at radius 2 is 1.77 bits per heavy atom. The van der Waals surface area contributed by atoms with Gasteiger partial charge in [-0.15, -0.1) is 10.2 Å². The fourth-order valence-corrected chi connectivity index (χ4v) is 4.98. The van der Waals surface area contributed by atoms with E-state index in [1.807, 2.05) is 23.7 Å². The van der Waals surface area contributed by atoms with Gasteiger partial charge < -0.3 is 14.2 Å². The third-order valence-corrected chi connectivity index (χ3v) is 7.30. The van der Waals surface area contributed by atoms with Gasteiger partial charge in [0.05, 0.1) is 5.75 Å². The molecule has 0 bridgehead atoms. The summed E-state index contributed by atoms with van der Waals surface area (Å²) in [5.41, 5.74) is 0. The van der Waals surface area contributed by atoms with Crippen LogP contribution in [0, 0.1) is 5.92 Å². The molecule has 1 aromatic heterocycles. The van der Waals surface area contributed by atoms with E-state index in [1.165, 1.54) is 24.6 Å². The predicted molar refractivity (Wildman–Crippen MR) is 119 cm³/mol. The first-order chi connectivity index (χ1) is 14.5. The zero-order valence-electron chi connectivity index (χ0n) is 17.6. The molecule has 0 radical (unpaired) electrons. The van der Waals surface area contributed by atoms with Crippen molar-refractivity contribution in [3.63, 3.8) is 0 Å². The van der Waals surface area contributed by atoms with Crippen LogP contribution >= 0.6 is 23.4 Å². The maximum atomic E-state index is 13.0. The first-order valence-electron chi connectivity index (χ1n) is 10.7. The van der Waals surface area contributed by atoms with Gasteiger partial charge in [0.2, 0.25) is 5.91 Å². The van der Waals surface area contributed by atoms with Crippen LogP contribution < -0.4 is 4.74 Å². The number of hydrogen-bond acceptors (Lipinski definition) is 5. The Labute approximate surface area is 187 Å². The van der Waals surface area contributed by atoms with E-state index < -0.39 is 0 Å². The van der Waals surface area contributed by atoms with Crippen LogP contribution in [0.25, 0.3) is 0 Å². The Bertz CT molecular complexity index is 861. The minimum atomic E-state index is 0.240. The van der Waals surface area contributed by atoms with E-state index in [1.54, 1.807) is 12.1 Å². The number of rotatable bonds is 8. The fourth-order valence-electron chi connectivity index (χ4n) is 4.05. The average Bonchev–Trinajstić information content (AvgIpc) is 3.51. The van der Waals surface area contributed by atoms with Crippen molar-refractivity contribution in [2.24, 2.45) is 13.0 Å². The van der Waals surface area contributed by atoms with Gasteiger partial charge in [-0.3, -0.25) is 4.79 Å². The summed E-state index contributed by atoms with van der Waals surface area (Å²) in [4.78, 5) is 15.2. The topological polar surface area (TPSA) is 60.3 Å². The van der Waals surface area contributed by atoms with Crippen LogP contribution in [0.3, 0.4) is 0 Å². The van der Waals surface area contributed by atoms with Gasteiger partial charge in [0.25, 0.3) is 0 Å². The molecular formula is C22H29ClN4O2S. The largest absolute Gasteiger partial charge is 0.486 e. The van der Waals surface area contributed by atoms with Crippen molar-refractivity contribution >= 4 is 29.3 Å². The highest BCUT2D eigenvalue weighted by Crippen LogP contribution is 2.36. The second kappa shape index (κ2) is 9.60. The van der Waals surface area contributed by atoms with E-state index >= 15 is 0 Å². The van der Waals surface area contributed by atoms with Crippen molar-refractivity contribution in [1.82, 2.24) is 19.7 Å². The maximum Gasteiger partial charge on any atom is 0.233 e. The Balaban J connectivity index is 1.31. The molecule has 2 fully saturated rings. The third-order valence-electron chi connectivity index (χ3n) is 6.04. The molecule has 2 aromatic rings. The first-order valence-corrected chi connectivity index (χ1v) is 12.1. The number of amides is 1. The van der Waals surface area contributed by atoms with Gasteiger partial charge in [0, 0.05) is 24.2 Å². The maximum absolute atomic E-state index is 13.0. The van der Waals surface area contributed by atoms with Gasteiger partial charge in [-0.1, -0.05) is 30.3 Å². The van der Waals surface area contributed by atoms with Gasteiger partial charge in [0.15, 0.2) is 11.0 Å². The van der Waals surface area contributed by atoms with Gasteiger partial charge in [-0.05, 0) is 68.7 Å². The van der Waals surface area contributed by atoms with Gasteiger partial charge in [-0.25, -0.2) is 0 Å². The van der Waals surface area contributed by atoms with E-state index in [2.05, 4.69) is 22.0 Å². The summed E-state index contributed by atoms with van der Waals surface area (Å²) in [6, 6.07) is 8.11. The zero-order valence-corrected chi connectivity index (χ0v) is 19.2. The number of nitrogens with zero attached hydrogens (tertiary/aromatic N) is 4. The predicted octanol–water partition coefficient (Wildman–Crippen LogP) is 4.71. The lowest BCUT2D eigenvalue weighted by atomic mass is 9.86. The lowest BCUT2D eigenvalue weighted by molar-refractivity contribution is -0.132. The number of carbonyl (C=O) groups excluding carboxylic acids is 1. The minimum absolute atomic E-state index is 0.240. The lowest BCUT2D eigenvalue weighted by Gasteiger charge is -2.36. The number of carbonyl (C=O) groups is 1. The molecule has 2 aliphatic carbocycles. The van der Waals surface area contributed by atoms with Crippen LogP contribution in [0.5, 0.6) is 5.75 Å². The van der Waals surface area contributed by atoms with E-state index in [0.29, 0.717) is 29.5 Å². The fraction of sp³-hybridized carbons (Fsp3) is 0.591. The van der Waals surface area contributed by atoms with Crippen molar-refractivity contribution in [2.45, 2.75) is 69.3 Å². The smallest absolute Gasteiger partial charge is 0.233 e. The molecule has 6 nitrogen and oxygen atoms in total. The monoisotopic (exact) mass is 448 g/mol. The van der Waals surface area contributed by atoms with Gasteiger partial charge in [0.1, 0.15) is 12.4 Å². The van der Waals surface area contributed by atoms with E-state index in [4.69, 9.17) is 16.3 Å². The van der Waals surface area contributed by atoms with Gasteiger partial charge in [-0.2, -0.15) is 0 Å². The standard InChI is InChI=1S/C22H29ClN4O2S/c1-15-3-7-17(8-4-15)27(18-9-10-18)21(28)14-30-22-25-24-20(26(22)2)13-29-19-11-5-16(23)6-12-19/h5-6,11-12,15,17-18H,3-4,7-10,13-14H2,1-2H3. The molecule has 1 amide bonds. The summed E-state index contributed by atoms with van der Waals surface area (Å²) in [6.07, 6.45) is 7.05. The highest BCUT2D eigenvalue weighted by molar-refractivity contribution is 7.99. The number of aromatic nitrogens is 3. The molecule has 2 saturated carbocycles. The summed E-state index contributed by atoms with van der Waals surface area (Å²) in [7, 11) is 1.91. The molecule has 0 saturated heterocycles. The minimum Gasteiger partial charge on any atom is -0.486 e. The summed E-state index contributed by atoms with van der Waals surface area (Å²) < 4.78 is 7.67. The molecular weight excluding hydrogens is 420 g/mol. The molecule has 1 heterocycles. The third kappa shape index (κ3) is 5.30. The quantitative estimate of drug-likeness (QED) is 0.547. The van der Waals surface area contributed by atoms with Crippen molar-refractivity contribution in [3.05, 3.63) is 35.1 Å². The number of benzene rings is 1. The Hall–Kier alpha value is -1.73. The van der Waals surface area contributed by atoms with E-state index in [-0.39, 0.29) is 5.91 Å². The molecule has 0 N–H and O–H groups in total. The summed E-state index contributed by atoms with van der Waals surface area (Å²) in [6.45, 7) is 2.63. The number of hydrogen-bond donors (Lipinski definition) is 0. The average molecular weight is 449 g/mol. The van der Waals surface area contributed by atoms with Crippen LogP contribution in [0.2, 0.25) is 5.02 Å². The summed E-state index contributed by atoms with van der Waals surface area (Å²) in [5, 5.41) is 9.91. The highest BCUT2D eigenvalue weighted by atomic mass is 35.5. The molecule has 2 aliphatic rings. The second-order valence-corrected chi connectivity index (χ2v) is 9.81. The second-order valence-electron chi connectivity index (χ2n) is 8.43. The lowest BCUT2D eigenvalue weighted by Crippen LogP contribution is -2.44. The van der Waals surface area contributed by atoms with E-state index in [9.17, 15) is 4.79 Å². The molecule has 0 unspecified atom stereocenters. The molecule has 0 aliphatic heterocycles. The van der Waals surface area contributed by atoms with Crippen molar-refractivity contribution < 1.29 is 9.53 Å². The molecule has 4 rings (SSSR count). The van der Waals surface area contributed by atoms with Crippen molar-refractivity contribution in [2.75, 3.05) is 5.75 Å². The zero-order chi connectivity index (χ0) is 21.1. The molecule has 162 valence electrons. The molecule has 0 atom stereocenters. The number of thioether (sulfide) groups is 1. The molecule has 1 aromatic carbocycles. The van der Waals surface area contributed by atoms with Crippen LogP contribution in [-0.4, -0.2) is 43.4 Å². The van der Waals surface area contributed by atoms with Crippen LogP contribution in [0.4, 0.5) is 0 Å². The number of halogens is 1. The molecule has 0 spiro atoms. The summed E-state index contributed by atoms with van der Waals surface area (Å²) >= 11 is 7.37. The molecule has 30 heavy (non-hydrogen) atoms. The van der Waals surface area contributed by atoms with E-state index in [0.717, 1.165) is 48.3 Å². The Morgan fingerprint density at radius 3 is 2.40 bits per heavy atom. The van der Waals surface area contributed by atoms with Crippen LogP contribution in [-0.2, 0) is 18.4 Å². The Kier molecular flexibility index (Phi) is 6.88. The van der Waals surface area contributed by atoms with Crippen LogP contribution in [0.15, 0.2) is 29.4 Å². The summed E-state index contributed by atoms with van der Waals surface area (Å²) in [5.74, 6) is 2.89. The number of ether oxygens (including phenoxy) is 1. The SMILES string of the molecule is CC1CCC(N(C(=O)CSc2nnc(COc3ccc(Cl)cc3)n2C)C2CC2)CC1. The Morgan fingerprint density at radius 1 is 1.13 bits per heavy atom. The van der Waals surface area contributed by atoms with Crippen molar-refractivity contribution in [3.8, 4) is 5.75 Å². The van der Waals surface area contributed by atoms with Crippen LogP contribution in [0.1, 0.15) is 51.3 Å². The molecule has 8 heteroatoms. The first kappa shape index (κ1) is 21.5.